The second-order valence-electron chi connectivity index (χ2n) is 19.7. The first-order chi connectivity index (χ1) is 27.3. The molecule has 0 aromatic rings. The highest BCUT2D eigenvalue weighted by Crippen LogP contribution is 2.77. The highest BCUT2D eigenvalue weighted by atomic mass is 32.2. The van der Waals surface area contributed by atoms with Crippen LogP contribution in [0.4, 0.5) is 0 Å². The Bertz CT molecular complexity index is 877. The molecule has 0 aromatic carbocycles. The number of thioether (sulfide) groups is 1. The number of hydrogen-bond donors (Lipinski definition) is 0. The van der Waals surface area contributed by atoms with Crippen LogP contribution in [0.5, 0.6) is 0 Å². The van der Waals surface area contributed by atoms with Crippen molar-refractivity contribution >= 4 is 11.8 Å². The SMILES string of the molecule is CCCCCCCCC(CC)(CC)C(CC)(CC)C(CC)(CC)C(CC)(CC)SC(CC)(CC)C(CC)(CC)C(CC)(CC)C(CC)(CC)CCCCCCCC. The minimum absolute atomic E-state index is 0.217. The average Bonchev–Trinajstić information content (AvgIpc) is 3.26. The van der Waals surface area contributed by atoms with Gasteiger partial charge in [-0.05, 0) is 148 Å². The Morgan fingerprint density at radius 3 is 0.649 bits per heavy atom. The maximum atomic E-state index is 2.67. The van der Waals surface area contributed by atoms with Crippen molar-refractivity contribution in [2.75, 3.05) is 0 Å². The molecule has 57 heavy (non-hydrogen) atoms. The van der Waals surface area contributed by atoms with Crippen LogP contribution in [0.2, 0.25) is 0 Å². The third-order valence-electron chi connectivity index (χ3n) is 19.8. The maximum Gasteiger partial charge on any atom is 0.0222 e. The zero-order valence-corrected chi connectivity index (χ0v) is 44.4. The normalized spacial score (nSPS) is 14.2. The quantitative estimate of drug-likeness (QED) is 0.0559. The van der Waals surface area contributed by atoms with Gasteiger partial charge in [-0.2, -0.15) is 0 Å². The Hall–Kier alpha value is 0.350. The Morgan fingerprint density at radius 2 is 0.456 bits per heavy atom. The fraction of sp³-hybridized carbons (Fsp3) is 1.00. The van der Waals surface area contributed by atoms with Gasteiger partial charge in [0.1, 0.15) is 0 Å². The highest BCUT2D eigenvalue weighted by Gasteiger charge is 2.69. The molecule has 0 N–H and O–H groups in total. The molecule has 344 valence electrons. The smallest absolute Gasteiger partial charge is 0.0222 e. The van der Waals surface area contributed by atoms with Crippen LogP contribution in [0.25, 0.3) is 0 Å². The van der Waals surface area contributed by atoms with Crippen LogP contribution in [0.15, 0.2) is 0 Å². The van der Waals surface area contributed by atoms with Crippen LogP contribution < -0.4 is 0 Å². The van der Waals surface area contributed by atoms with Crippen LogP contribution in [-0.2, 0) is 0 Å². The fourth-order valence-corrected chi connectivity index (χ4v) is 19.3. The molecule has 0 spiro atoms. The molecule has 0 bridgehead atoms. The summed E-state index contributed by atoms with van der Waals surface area (Å²) in [5.41, 5.74) is 1.91. The van der Waals surface area contributed by atoms with E-state index in [1.807, 2.05) is 0 Å². The summed E-state index contributed by atoms with van der Waals surface area (Å²) in [6.45, 7) is 47.1. The first-order valence-electron chi connectivity index (χ1n) is 27.0. The van der Waals surface area contributed by atoms with Crippen LogP contribution >= 0.6 is 11.8 Å². The molecule has 0 heterocycles. The summed E-state index contributed by atoms with van der Waals surface area (Å²) < 4.78 is 0.433. The lowest BCUT2D eigenvalue weighted by atomic mass is 9.40. The van der Waals surface area contributed by atoms with Crippen LogP contribution in [-0.4, -0.2) is 9.49 Å². The van der Waals surface area contributed by atoms with Crippen LogP contribution in [0.3, 0.4) is 0 Å². The summed E-state index contributed by atoms with van der Waals surface area (Å²) in [5, 5.41) is 0. The van der Waals surface area contributed by atoms with Gasteiger partial charge in [0.25, 0.3) is 0 Å². The topological polar surface area (TPSA) is 0 Å². The van der Waals surface area contributed by atoms with Crippen molar-refractivity contribution in [3.63, 3.8) is 0 Å². The van der Waals surface area contributed by atoms with E-state index in [4.69, 9.17) is 0 Å². The summed E-state index contributed by atoms with van der Waals surface area (Å²) in [6, 6.07) is 0. The van der Waals surface area contributed by atoms with E-state index in [1.54, 1.807) is 0 Å². The van der Waals surface area contributed by atoms with Gasteiger partial charge >= 0.3 is 0 Å². The van der Waals surface area contributed by atoms with Crippen molar-refractivity contribution in [2.24, 2.45) is 32.5 Å². The standard InChI is InChI=1S/C56H114S/c1-19-37-39-41-43-45-47-49(21-3,22-4)51(25-7,26-8)53(29-11,30-12)55(33-15,34-16)57-56(35-17,36-18)54(31-13,32-14)52(27-9,28-10)50(23-5,24-6)48-46-44-42-40-38-20-2/h19-48H2,1-18H3. The van der Waals surface area contributed by atoms with E-state index >= 15 is 0 Å². The lowest BCUT2D eigenvalue weighted by molar-refractivity contribution is -0.144. The predicted molar refractivity (Wildman–Crippen MR) is 268 cm³/mol. The summed E-state index contributed by atoms with van der Waals surface area (Å²) in [4.78, 5) is 0. The molecule has 0 saturated carbocycles. The molecule has 0 aromatic heterocycles. The molecule has 0 aliphatic heterocycles. The van der Waals surface area contributed by atoms with Gasteiger partial charge in [0, 0.05) is 9.49 Å². The Morgan fingerprint density at radius 1 is 0.228 bits per heavy atom. The average molecular weight is 820 g/mol. The second kappa shape index (κ2) is 27.4. The molecule has 0 rings (SSSR count). The molecule has 0 fully saturated rings. The molecule has 0 aliphatic rings. The van der Waals surface area contributed by atoms with E-state index < -0.39 is 0 Å². The Balaban J connectivity index is 8.23. The number of hydrogen-bond acceptors (Lipinski definition) is 1. The lowest BCUT2D eigenvalue weighted by Crippen LogP contribution is -2.66. The molecule has 0 aliphatic carbocycles. The van der Waals surface area contributed by atoms with Gasteiger partial charge in [0.2, 0.25) is 0 Å². The Labute approximate surface area is 369 Å². The van der Waals surface area contributed by atoms with Crippen molar-refractivity contribution in [1.29, 1.82) is 0 Å². The first-order valence-corrected chi connectivity index (χ1v) is 27.8. The minimum atomic E-state index is 0.217. The Kier molecular flexibility index (Phi) is 27.6. The van der Waals surface area contributed by atoms with Crippen molar-refractivity contribution < 1.29 is 0 Å². The largest absolute Gasteiger partial charge is 0.147 e. The summed E-state index contributed by atoms with van der Waals surface area (Å²) in [7, 11) is 0. The second-order valence-corrected chi connectivity index (χ2v) is 21.4. The van der Waals surface area contributed by atoms with E-state index in [0.717, 1.165) is 0 Å². The third-order valence-corrected chi connectivity index (χ3v) is 22.6. The third kappa shape index (κ3) is 10.4. The monoisotopic (exact) mass is 819 g/mol. The zero-order valence-electron chi connectivity index (χ0n) is 43.6. The molecule has 1 heteroatoms. The molecule has 0 unspecified atom stereocenters. The van der Waals surface area contributed by atoms with Crippen molar-refractivity contribution in [1.82, 2.24) is 0 Å². The molecule has 0 nitrogen and oxygen atoms in total. The van der Waals surface area contributed by atoms with Gasteiger partial charge in [0.05, 0.1) is 0 Å². The summed E-state index contributed by atoms with van der Waals surface area (Å²) >= 11 is 2.66. The number of unbranched alkanes of at least 4 members (excludes halogenated alkanes) is 10. The van der Waals surface area contributed by atoms with Gasteiger partial charge in [-0.1, -0.05) is 202 Å². The van der Waals surface area contributed by atoms with E-state index in [-0.39, 0.29) is 20.3 Å². The highest BCUT2D eigenvalue weighted by molar-refractivity contribution is 8.02. The molecular weight excluding hydrogens is 705 g/mol. The van der Waals surface area contributed by atoms with Crippen molar-refractivity contribution in [3.05, 3.63) is 0 Å². The maximum absolute atomic E-state index is 2.67. The molecule has 0 radical (unpaired) electrons. The van der Waals surface area contributed by atoms with Crippen LogP contribution in [0, 0.1) is 32.5 Å². The van der Waals surface area contributed by atoms with Gasteiger partial charge in [-0.25, -0.2) is 0 Å². The van der Waals surface area contributed by atoms with Crippen molar-refractivity contribution in [2.45, 2.75) is 327 Å². The molecular formula is C56H114S. The van der Waals surface area contributed by atoms with Crippen LogP contribution in [0.1, 0.15) is 317 Å². The van der Waals surface area contributed by atoms with E-state index in [9.17, 15) is 0 Å². The van der Waals surface area contributed by atoms with Crippen molar-refractivity contribution in [3.8, 4) is 0 Å². The van der Waals surface area contributed by atoms with E-state index in [1.165, 1.54) is 193 Å². The summed E-state index contributed by atoms with van der Waals surface area (Å²) in [5.74, 6) is 0. The number of rotatable bonds is 38. The van der Waals surface area contributed by atoms with Gasteiger partial charge < -0.3 is 0 Å². The predicted octanol–water partition coefficient (Wildman–Crippen LogP) is 21.2. The molecule has 0 saturated heterocycles. The van der Waals surface area contributed by atoms with Gasteiger partial charge in [-0.15, -0.1) is 11.8 Å². The van der Waals surface area contributed by atoms with Gasteiger partial charge in [-0.3, -0.25) is 0 Å². The first kappa shape index (κ1) is 57.3. The minimum Gasteiger partial charge on any atom is -0.147 e. The molecule has 0 atom stereocenters. The lowest BCUT2D eigenvalue weighted by Gasteiger charge is -2.71. The van der Waals surface area contributed by atoms with E-state index in [0.29, 0.717) is 21.7 Å². The van der Waals surface area contributed by atoms with Gasteiger partial charge in [0.15, 0.2) is 0 Å². The molecule has 0 amide bonds. The van der Waals surface area contributed by atoms with E-state index in [2.05, 4.69) is 136 Å². The zero-order chi connectivity index (χ0) is 43.9. The fourth-order valence-electron chi connectivity index (χ4n) is 16.6. The summed E-state index contributed by atoms with van der Waals surface area (Å²) in [6.07, 6.45) is 40.8.